The summed E-state index contributed by atoms with van der Waals surface area (Å²) in [6, 6.07) is -3.99. The molecule has 3 heterocycles. The van der Waals surface area contributed by atoms with Crippen LogP contribution in [0.1, 0.15) is 12.8 Å². The molecule has 18 N–H and O–H groups in total. The van der Waals surface area contributed by atoms with E-state index in [0.29, 0.717) is 0 Å². The van der Waals surface area contributed by atoms with Crippen LogP contribution in [0.4, 0.5) is 0 Å². The molecule has 4 fully saturated rings. The SMILES string of the molecule is NC[C@H]1O[C@H](O[C@H]2[C@H](O)[C@@H](O[C@H]3O[C@H](CO)[C@@H](O)[C@H](N)[C@H]3OC3OC(C(=O)O)C(O)C(O)C3O)[C@H](N)C[C@@H]2N)[C@H](N)C[C@@H]1O. The summed E-state index contributed by atoms with van der Waals surface area (Å²) in [7, 11) is 0. The Morgan fingerprint density at radius 1 is 0.659 bits per heavy atom. The Morgan fingerprint density at radius 3 is 1.80 bits per heavy atom. The lowest BCUT2D eigenvalue weighted by atomic mass is 9.84. The van der Waals surface area contributed by atoms with Crippen LogP contribution in [0.25, 0.3) is 0 Å². The molecule has 0 bridgehead atoms. The van der Waals surface area contributed by atoms with Crippen molar-refractivity contribution in [3.8, 4) is 0 Å². The predicted molar refractivity (Wildman–Crippen MR) is 142 cm³/mol. The van der Waals surface area contributed by atoms with Gasteiger partial charge in [0.1, 0.15) is 54.9 Å². The standard InChI is InChI=1S/C24H45N5O15/c25-3-9-8(31)2-7(28)22(39-9)41-17-5(26)1-6(27)18(16(17)36)42-24-19(11(29)12(32)10(4-30)40-24)43-23-15(35)13(33)14(34)20(44-23)21(37)38/h5-20,22-24,30-36H,1-4,25-29H2,(H,37,38)/t5-,6+,7+,8-,9+,10+,11-,12+,13?,14?,15?,16-,17+,18-,19+,20?,22+,23?,24+/m0/s1. The van der Waals surface area contributed by atoms with E-state index in [9.17, 15) is 45.6 Å². The van der Waals surface area contributed by atoms with Gasteiger partial charge in [-0.3, -0.25) is 0 Å². The second-order valence-corrected chi connectivity index (χ2v) is 11.6. The molecule has 0 aromatic heterocycles. The van der Waals surface area contributed by atoms with Gasteiger partial charge in [0, 0.05) is 18.6 Å². The van der Waals surface area contributed by atoms with Crippen molar-refractivity contribution in [1.29, 1.82) is 0 Å². The number of aliphatic carboxylic acids is 1. The van der Waals surface area contributed by atoms with Gasteiger partial charge in [-0.1, -0.05) is 0 Å². The van der Waals surface area contributed by atoms with E-state index >= 15 is 0 Å². The lowest BCUT2D eigenvalue weighted by molar-refractivity contribution is -0.361. The molecule has 0 aromatic carbocycles. The van der Waals surface area contributed by atoms with Crippen LogP contribution < -0.4 is 28.7 Å². The van der Waals surface area contributed by atoms with Crippen LogP contribution in [-0.2, 0) is 33.2 Å². The molecular formula is C24H45N5O15. The maximum atomic E-state index is 11.5. The number of carboxylic acid groups (broad SMARTS) is 1. The van der Waals surface area contributed by atoms with Gasteiger partial charge >= 0.3 is 5.97 Å². The third-order valence-electron chi connectivity index (χ3n) is 8.49. The number of nitrogens with two attached hydrogens (primary N) is 5. The van der Waals surface area contributed by atoms with E-state index in [2.05, 4.69) is 0 Å². The van der Waals surface area contributed by atoms with Crippen molar-refractivity contribution in [3.63, 3.8) is 0 Å². The molecule has 20 heteroatoms. The zero-order valence-electron chi connectivity index (χ0n) is 23.6. The van der Waals surface area contributed by atoms with Gasteiger partial charge in [-0.2, -0.15) is 0 Å². The molecule has 3 aliphatic heterocycles. The molecular weight excluding hydrogens is 598 g/mol. The third kappa shape index (κ3) is 7.17. The number of rotatable bonds is 9. The molecule has 4 aliphatic rings. The minimum absolute atomic E-state index is 0.0230. The summed E-state index contributed by atoms with van der Waals surface area (Å²) in [4.78, 5) is 11.5. The number of hydrogen-bond donors (Lipinski definition) is 13. The first-order valence-corrected chi connectivity index (χ1v) is 14.3. The molecule has 1 aliphatic carbocycles. The number of ether oxygens (including phenoxy) is 6. The summed E-state index contributed by atoms with van der Waals surface area (Å²) < 4.78 is 34.2. The third-order valence-corrected chi connectivity index (χ3v) is 8.49. The molecule has 20 nitrogen and oxygen atoms in total. The Bertz CT molecular complexity index is 960. The van der Waals surface area contributed by atoms with Crippen molar-refractivity contribution in [1.82, 2.24) is 0 Å². The highest BCUT2D eigenvalue weighted by atomic mass is 16.8. The van der Waals surface area contributed by atoms with Crippen molar-refractivity contribution in [2.24, 2.45) is 28.7 Å². The number of carboxylic acids is 1. The van der Waals surface area contributed by atoms with Gasteiger partial charge in [0.2, 0.25) is 0 Å². The van der Waals surface area contributed by atoms with Gasteiger partial charge < -0.3 is 97.9 Å². The van der Waals surface area contributed by atoms with Crippen molar-refractivity contribution in [2.45, 2.75) is 129 Å². The van der Waals surface area contributed by atoms with Gasteiger partial charge in [0.15, 0.2) is 25.0 Å². The summed E-state index contributed by atoms with van der Waals surface area (Å²) >= 11 is 0. The van der Waals surface area contributed by atoms with Crippen LogP contribution in [0.15, 0.2) is 0 Å². The van der Waals surface area contributed by atoms with Crippen molar-refractivity contribution < 1.29 is 74.1 Å². The highest BCUT2D eigenvalue weighted by molar-refractivity contribution is 5.73. The molecule has 19 atom stereocenters. The molecule has 0 radical (unpaired) electrons. The van der Waals surface area contributed by atoms with E-state index in [-0.39, 0.29) is 19.4 Å². The van der Waals surface area contributed by atoms with E-state index in [1.165, 1.54) is 0 Å². The summed E-state index contributed by atoms with van der Waals surface area (Å²) in [5.74, 6) is -1.66. The smallest absolute Gasteiger partial charge is 0.335 e. The van der Waals surface area contributed by atoms with Crippen molar-refractivity contribution >= 4 is 5.97 Å². The quantitative estimate of drug-likeness (QED) is 0.111. The summed E-state index contributed by atoms with van der Waals surface area (Å²) in [5, 5.41) is 81.9. The number of aliphatic hydroxyl groups excluding tert-OH is 7. The summed E-state index contributed by atoms with van der Waals surface area (Å²) in [6.45, 7) is -0.748. The van der Waals surface area contributed by atoms with E-state index in [0.717, 1.165) is 0 Å². The van der Waals surface area contributed by atoms with Crippen molar-refractivity contribution in [2.75, 3.05) is 13.2 Å². The topological polar surface area (TPSA) is 364 Å². The van der Waals surface area contributed by atoms with Gasteiger partial charge in [-0.15, -0.1) is 0 Å². The first-order chi connectivity index (χ1) is 20.7. The fraction of sp³-hybridized carbons (Fsp3) is 0.958. The number of hydrogen-bond acceptors (Lipinski definition) is 19. The monoisotopic (exact) mass is 643 g/mol. The van der Waals surface area contributed by atoms with Crippen LogP contribution in [0.5, 0.6) is 0 Å². The number of carbonyl (C=O) groups is 1. The first kappa shape index (κ1) is 35.6. The predicted octanol–water partition coefficient (Wildman–Crippen LogP) is -8.38. The zero-order valence-corrected chi connectivity index (χ0v) is 23.6. The largest absolute Gasteiger partial charge is 0.479 e. The van der Waals surface area contributed by atoms with Gasteiger partial charge in [0.05, 0.1) is 30.9 Å². The average Bonchev–Trinajstić information content (AvgIpc) is 2.97. The van der Waals surface area contributed by atoms with Crippen molar-refractivity contribution in [3.05, 3.63) is 0 Å². The summed E-state index contributed by atoms with van der Waals surface area (Å²) in [5.41, 5.74) is 30.5. The molecule has 0 amide bonds. The van der Waals surface area contributed by atoms with E-state index in [1.54, 1.807) is 0 Å². The fourth-order valence-electron chi connectivity index (χ4n) is 5.89. The second kappa shape index (κ2) is 14.7. The Balaban J connectivity index is 1.54. The molecule has 44 heavy (non-hydrogen) atoms. The minimum atomic E-state index is -2.01. The van der Waals surface area contributed by atoms with Gasteiger partial charge in [0.25, 0.3) is 0 Å². The maximum Gasteiger partial charge on any atom is 0.335 e. The minimum Gasteiger partial charge on any atom is -0.479 e. The van der Waals surface area contributed by atoms with Crippen LogP contribution in [-0.4, -0.2) is 176 Å². The first-order valence-electron chi connectivity index (χ1n) is 14.3. The number of aliphatic hydroxyl groups is 7. The van der Waals surface area contributed by atoms with E-state index in [4.69, 9.17) is 57.1 Å². The maximum absolute atomic E-state index is 11.5. The molecule has 3 saturated heterocycles. The van der Waals surface area contributed by atoms with Gasteiger partial charge in [-0.05, 0) is 12.8 Å². The molecule has 5 unspecified atom stereocenters. The lowest BCUT2D eigenvalue weighted by Crippen LogP contribution is -2.69. The van der Waals surface area contributed by atoms with Crippen LogP contribution >= 0.6 is 0 Å². The van der Waals surface area contributed by atoms with Crippen LogP contribution in [0.3, 0.4) is 0 Å². The van der Waals surface area contributed by atoms with Crippen LogP contribution in [0.2, 0.25) is 0 Å². The Hall–Kier alpha value is -1.25. The molecule has 4 rings (SSSR count). The highest BCUT2D eigenvalue weighted by Gasteiger charge is 2.54. The molecule has 0 spiro atoms. The second-order valence-electron chi connectivity index (χ2n) is 11.6. The Kier molecular flexibility index (Phi) is 11.9. The Morgan fingerprint density at radius 2 is 1.23 bits per heavy atom. The molecule has 256 valence electrons. The fourth-order valence-corrected chi connectivity index (χ4v) is 5.89. The normalized spacial score (nSPS) is 52.0. The average molecular weight is 644 g/mol. The Labute approximate surface area is 251 Å². The molecule has 0 aromatic rings. The van der Waals surface area contributed by atoms with E-state index < -0.39 is 129 Å². The highest BCUT2D eigenvalue weighted by Crippen LogP contribution is 2.33. The van der Waals surface area contributed by atoms with E-state index in [1.807, 2.05) is 0 Å². The van der Waals surface area contributed by atoms with Crippen LogP contribution in [0, 0.1) is 0 Å². The lowest BCUT2D eigenvalue weighted by Gasteiger charge is -2.49. The van der Waals surface area contributed by atoms with Gasteiger partial charge in [-0.25, -0.2) is 4.79 Å². The summed E-state index contributed by atoms with van der Waals surface area (Å²) in [6.07, 6.45) is -22.7. The zero-order chi connectivity index (χ0) is 32.6. The molecule has 1 saturated carbocycles.